The van der Waals surface area contributed by atoms with Gasteiger partial charge >= 0.3 is 0 Å². The van der Waals surface area contributed by atoms with Crippen molar-refractivity contribution in [2.45, 2.75) is 59.5 Å². The highest BCUT2D eigenvalue weighted by atomic mass is 79.9. The van der Waals surface area contributed by atoms with Crippen molar-refractivity contribution in [2.75, 3.05) is 6.54 Å². The molecule has 0 aromatic carbocycles. The van der Waals surface area contributed by atoms with Gasteiger partial charge in [-0.25, -0.2) is 0 Å². The molecule has 0 aliphatic carbocycles. The molecule has 2 unspecified atom stereocenters. The largest absolute Gasteiger partial charge is 0.309 e. The molecule has 0 aliphatic rings. The molecule has 1 aromatic rings. The molecule has 3 nitrogen and oxygen atoms in total. The average Bonchev–Trinajstić information content (AvgIpc) is 2.70. The van der Waals surface area contributed by atoms with Crippen LogP contribution in [0.3, 0.4) is 0 Å². The zero-order chi connectivity index (χ0) is 13.7. The van der Waals surface area contributed by atoms with Crippen molar-refractivity contribution in [3.05, 3.63) is 16.4 Å². The topological polar surface area (TPSA) is 29.9 Å². The monoisotopic (exact) mass is 315 g/mol. The van der Waals surface area contributed by atoms with Crippen LogP contribution in [-0.2, 0) is 0 Å². The summed E-state index contributed by atoms with van der Waals surface area (Å²) in [5.74, 6) is 0.719. The first-order chi connectivity index (χ1) is 8.51. The Morgan fingerprint density at radius 1 is 1.33 bits per heavy atom. The Labute approximate surface area is 119 Å². The van der Waals surface area contributed by atoms with Crippen molar-refractivity contribution in [3.63, 3.8) is 0 Å². The molecule has 4 heteroatoms. The van der Waals surface area contributed by atoms with E-state index >= 15 is 0 Å². The van der Waals surface area contributed by atoms with E-state index in [0.29, 0.717) is 12.1 Å². The van der Waals surface area contributed by atoms with E-state index in [4.69, 9.17) is 0 Å². The molecule has 0 aliphatic heterocycles. The van der Waals surface area contributed by atoms with Gasteiger partial charge in [0.05, 0.1) is 22.4 Å². The Morgan fingerprint density at radius 2 is 2.00 bits per heavy atom. The standard InChI is InChI=1S/C14H26BrN3/c1-6-11(5)8-13(16-7-2)14-12(15)9-17-18(14)10(3)4/h9-11,13,16H,6-8H2,1-5H3. The molecule has 104 valence electrons. The Balaban J connectivity index is 3.00. The van der Waals surface area contributed by atoms with Crippen LogP contribution in [0, 0.1) is 5.92 Å². The predicted octanol–water partition coefficient (Wildman–Crippen LogP) is 4.31. The van der Waals surface area contributed by atoms with Crippen LogP contribution < -0.4 is 5.32 Å². The highest BCUT2D eigenvalue weighted by Crippen LogP contribution is 2.30. The molecule has 0 saturated carbocycles. The van der Waals surface area contributed by atoms with Crippen LogP contribution in [0.5, 0.6) is 0 Å². The number of nitrogens with zero attached hydrogens (tertiary/aromatic N) is 2. The van der Waals surface area contributed by atoms with Crippen LogP contribution >= 0.6 is 15.9 Å². The summed E-state index contributed by atoms with van der Waals surface area (Å²) >= 11 is 3.64. The number of aromatic nitrogens is 2. The molecule has 1 N–H and O–H groups in total. The third kappa shape index (κ3) is 3.82. The molecule has 0 amide bonds. The fraction of sp³-hybridized carbons (Fsp3) is 0.786. The first-order valence-electron chi connectivity index (χ1n) is 6.97. The second-order valence-electron chi connectivity index (χ2n) is 5.28. The maximum Gasteiger partial charge on any atom is 0.0698 e. The van der Waals surface area contributed by atoms with E-state index in [2.05, 4.69) is 65.6 Å². The summed E-state index contributed by atoms with van der Waals surface area (Å²) in [6.45, 7) is 12.1. The van der Waals surface area contributed by atoms with Gasteiger partial charge in [-0.05, 0) is 48.7 Å². The number of hydrogen-bond donors (Lipinski definition) is 1. The molecule has 0 bridgehead atoms. The van der Waals surface area contributed by atoms with Crippen LogP contribution in [0.15, 0.2) is 10.7 Å². The van der Waals surface area contributed by atoms with Crippen molar-refractivity contribution in [2.24, 2.45) is 5.92 Å². The lowest BCUT2D eigenvalue weighted by Gasteiger charge is -2.24. The lowest BCUT2D eigenvalue weighted by atomic mass is 9.97. The van der Waals surface area contributed by atoms with E-state index in [0.717, 1.165) is 23.4 Å². The second-order valence-corrected chi connectivity index (χ2v) is 6.13. The first kappa shape index (κ1) is 15.7. The lowest BCUT2D eigenvalue weighted by Crippen LogP contribution is -2.26. The van der Waals surface area contributed by atoms with Gasteiger partial charge in [0.2, 0.25) is 0 Å². The molecule has 18 heavy (non-hydrogen) atoms. The highest BCUT2D eigenvalue weighted by molar-refractivity contribution is 9.10. The fourth-order valence-electron chi connectivity index (χ4n) is 2.20. The van der Waals surface area contributed by atoms with Crippen LogP contribution in [0.4, 0.5) is 0 Å². The maximum absolute atomic E-state index is 4.48. The van der Waals surface area contributed by atoms with E-state index in [1.807, 2.05) is 6.20 Å². The third-order valence-electron chi connectivity index (χ3n) is 3.39. The van der Waals surface area contributed by atoms with Crippen molar-refractivity contribution >= 4 is 15.9 Å². The van der Waals surface area contributed by atoms with E-state index in [1.54, 1.807) is 0 Å². The zero-order valence-electron chi connectivity index (χ0n) is 12.2. The molecule has 2 atom stereocenters. The summed E-state index contributed by atoms with van der Waals surface area (Å²) in [6.07, 6.45) is 4.28. The Kier molecular flexibility index (Phi) is 6.36. The normalized spacial score (nSPS) is 15.1. The van der Waals surface area contributed by atoms with Gasteiger partial charge < -0.3 is 5.32 Å². The van der Waals surface area contributed by atoms with Crippen molar-refractivity contribution in [3.8, 4) is 0 Å². The minimum absolute atomic E-state index is 0.379. The van der Waals surface area contributed by atoms with Gasteiger partial charge in [-0.3, -0.25) is 4.68 Å². The molecular weight excluding hydrogens is 290 g/mol. The summed E-state index contributed by atoms with van der Waals surface area (Å²) in [4.78, 5) is 0. The molecule has 0 saturated heterocycles. The number of halogens is 1. The van der Waals surface area contributed by atoms with Gasteiger partial charge in [0.25, 0.3) is 0 Å². The molecule has 1 aromatic heterocycles. The summed E-state index contributed by atoms with van der Waals surface area (Å²) < 4.78 is 3.24. The van der Waals surface area contributed by atoms with E-state index < -0.39 is 0 Å². The fourth-order valence-corrected chi connectivity index (χ4v) is 2.74. The summed E-state index contributed by atoms with van der Waals surface area (Å²) in [5, 5.41) is 8.08. The van der Waals surface area contributed by atoms with Gasteiger partial charge in [0.15, 0.2) is 0 Å². The van der Waals surface area contributed by atoms with E-state index in [9.17, 15) is 0 Å². The predicted molar refractivity (Wildman–Crippen MR) is 80.8 cm³/mol. The Morgan fingerprint density at radius 3 is 2.50 bits per heavy atom. The van der Waals surface area contributed by atoms with Crippen LogP contribution in [0.2, 0.25) is 0 Å². The summed E-state index contributed by atoms with van der Waals surface area (Å²) in [7, 11) is 0. The Hall–Kier alpha value is -0.350. The molecule has 1 heterocycles. The zero-order valence-corrected chi connectivity index (χ0v) is 13.8. The van der Waals surface area contributed by atoms with Crippen LogP contribution in [0.25, 0.3) is 0 Å². The molecule has 0 spiro atoms. The Bertz CT molecular complexity index is 360. The quantitative estimate of drug-likeness (QED) is 0.812. The third-order valence-corrected chi connectivity index (χ3v) is 4.00. The molecule has 0 fully saturated rings. The first-order valence-corrected chi connectivity index (χ1v) is 7.76. The van der Waals surface area contributed by atoms with E-state index in [-0.39, 0.29) is 0 Å². The van der Waals surface area contributed by atoms with Crippen molar-refractivity contribution in [1.82, 2.24) is 15.1 Å². The molecule has 1 rings (SSSR count). The van der Waals surface area contributed by atoms with Gasteiger partial charge in [-0.15, -0.1) is 0 Å². The minimum Gasteiger partial charge on any atom is -0.309 e. The summed E-state index contributed by atoms with van der Waals surface area (Å²) in [5.41, 5.74) is 1.28. The van der Waals surface area contributed by atoms with Gasteiger partial charge in [0, 0.05) is 6.04 Å². The lowest BCUT2D eigenvalue weighted by molar-refractivity contribution is 0.374. The summed E-state index contributed by atoms with van der Waals surface area (Å²) in [6, 6.07) is 0.772. The van der Waals surface area contributed by atoms with Crippen molar-refractivity contribution in [1.29, 1.82) is 0 Å². The maximum atomic E-state index is 4.48. The van der Waals surface area contributed by atoms with Crippen molar-refractivity contribution < 1.29 is 0 Å². The van der Waals surface area contributed by atoms with Crippen LogP contribution in [-0.4, -0.2) is 16.3 Å². The second kappa shape index (κ2) is 7.29. The number of hydrogen-bond acceptors (Lipinski definition) is 2. The average molecular weight is 316 g/mol. The molecular formula is C14H26BrN3. The van der Waals surface area contributed by atoms with Gasteiger partial charge in [-0.1, -0.05) is 27.2 Å². The van der Waals surface area contributed by atoms with Crippen LogP contribution in [0.1, 0.15) is 65.2 Å². The van der Waals surface area contributed by atoms with E-state index in [1.165, 1.54) is 12.1 Å². The number of nitrogens with one attached hydrogen (secondary N) is 1. The van der Waals surface area contributed by atoms with Gasteiger partial charge in [0.1, 0.15) is 0 Å². The minimum atomic E-state index is 0.379. The van der Waals surface area contributed by atoms with Gasteiger partial charge in [-0.2, -0.15) is 5.10 Å². The SMILES string of the molecule is CCNC(CC(C)CC)c1c(Br)cnn1C(C)C. The smallest absolute Gasteiger partial charge is 0.0698 e. The highest BCUT2D eigenvalue weighted by Gasteiger charge is 2.22. The number of rotatable bonds is 7. The molecule has 0 radical (unpaired) electrons.